The van der Waals surface area contributed by atoms with Crippen molar-refractivity contribution in [3.8, 4) is 0 Å². The van der Waals surface area contributed by atoms with Crippen molar-refractivity contribution in [2.75, 3.05) is 36.0 Å². The molecule has 172 valence electrons. The molecule has 0 saturated carbocycles. The van der Waals surface area contributed by atoms with Gasteiger partial charge in [-0.1, -0.05) is 35.9 Å². The number of aromatic nitrogens is 1. The minimum absolute atomic E-state index is 0.328. The third-order valence-electron chi connectivity index (χ3n) is 6.49. The number of rotatable bonds is 8. The van der Waals surface area contributed by atoms with Gasteiger partial charge in [-0.15, -0.1) is 0 Å². The summed E-state index contributed by atoms with van der Waals surface area (Å²) in [7, 11) is 0. The highest BCUT2D eigenvalue weighted by atomic mass is 35.5. The Hall–Kier alpha value is -3.05. The molecule has 3 aromatic rings. The molecule has 0 amide bonds. The number of hydrogen-bond acceptors (Lipinski definition) is 5. The summed E-state index contributed by atoms with van der Waals surface area (Å²) in [5, 5.41) is 0.553. The van der Waals surface area contributed by atoms with Crippen molar-refractivity contribution in [3.05, 3.63) is 88.2 Å². The monoisotopic (exact) mass is 463 g/mol. The Balaban J connectivity index is 1.91. The normalized spacial score (nSPS) is 16.9. The highest BCUT2D eigenvalue weighted by molar-refractivity contribution is 6.32. The van der Waals surface area contributed by atoms with E-state index in [1.54, 1.807) is 6.20 Å². The molecular formula is C27H30ClN3O2. The average Bonchev–Trinajstić information content (AvgIpc) is 3.14. The average molecular weight is 464 g/mol. The molecule has 0 aliphatic carbocycles. The van der Waals surface area contributed by atoms with Crippen LogP contribution in [-0.4, -0.2) is 37.1 Å². The summed E-state index contributed by atoms with van der Waals surface area (Å²) in [4.78, 5) is 21.8. The molecule has 0 bridgehead atoms. The predicted molar refractivity (Wildman–Crippen MR) is 135 cm³/mol. The van der Waals surface area contributed by atoms with Gasteiger partial charge in [0.1, 0.15) is 0 Å². The molecule has 1 aliphatic rings. The van der Waals surface area contributed by atoms with Crippen molar-refractivity contribution >= 4 is 28.9 Å². The highest BCUT2D eigenvalue weighted by Gasteiger charge is 2.50. The van der Waals surface area contributed by atoms with Gasteiger partial charge in [0.15, 0.2) is 11.3 Å². The molecule has 2 heterocycles. The van der Waals surface area contributed by atoms with Gasteiger partial charge < -0.3 is 14.5 Å². The number of anilines is 2. The molecule has 0 fully saturated rings. The Morgan fingerprint density at radius 1 is 0.848 bits per heavy atom. The summed E-state index contributed by atoms with van der Waals surface area (Å²) in [6.07, 6.45) is 1.62. The lowest BCUT2D eigenvalue weighted by atomic mass is 9.80. The van der Waals surface area contributed by atoms with E-state index < -0.39 is 11.6 Å². The molecule has 1 aliphatic heterocycles. The van der Waals surface area contributed by atoms with Crippen molar-refractivity contribution in [1.82, 2.24) is 4.98 Å². The summed E-state index contributed by atoms with van der Waals surface area (Å²) >= 11 is 6.90. The number of esters is 1. The number of halogens is 1. The number of carbonyl (C=O) groups excluding carboxylic acids is 1. The van der Waals surface area contributed by atoms with Crippen LogP contribution in [0.15, 0.2) is 60.8 Å². The first-order valence-electron chi connectivity index (χ1n) is 11.6. The van der Waals surface area contributed by atoms with Crippen LogP contribution in [0.25, 0.3) is 0 Å². The number of pyridine rings is 1. The molecule has 0 saturated heterocycles. The van der Waals surface area contributed by atoms with E-state index in [1.807, 2.05) is 42.5 Å². The first kappa shape index (κ1) is 23.1. The molecule has 1 atom stereocenters. The van der Waals surface area contributed by atoms with Crippen molar-refractivity contribution < 1.29 is 9.53 Å². The van der Waals surface area contributed by atoms with E-state index in [2.05, 4.69) is 54.6 Å². The van der Waals surface area contributed by atoms with E-state index in [0.717, 1.165) is 48.7 Å². The van der Waals surface area contributed by atoms with Gasteiger partial charge in [0.2, 0.25) is 0 Å². The summed E-state index contributed by atoms with van der Waals surface area (Å²) in [5.41, 5.74) is 3.62. The van der Waals surface area contributed by atoms with Gasteiger partial charge in [-0.3, -0.25) is 0 Å². The molecule has 6 heteroatoms. The molecule has 2 aromatic carbocycles. The van der Waals surface area contributed by atoms with Gasteiger partial charge in [0.25, 0.3) is 0 Å². The van der Waals surface area contributed by atoms with E-state index >= 15 is 0 Å². The molecule has 5 nitrogen and oxygen atoms in total. The second-order valence-corrected chi connectivity index (χ2v) is 8.43. The molecule has 1 aromatic heterocycles. The van der Waals surface area contributed by atoms with Gasteiger partial charge in [-0.05, 0) is 58.0 Å². The summed E-state index contributed by atoms with van der Waals surface area (Å²) < 4.78 is 6.17. The zero-order chi connectivity index (χ0) is 23.6. The Morgan fingerprint density at radius 3 is 2.06 bits per heavy atom. The van der Waals surface area contributed by atoms with Gasteiger partial charge in [-0.2, -0.15) is 0 Å². The van der Waals surface area contributed by atoms with Crippen LogP contribution in [-0.2, 0) is 10.3 Å². The first-order valence-corrected chi connectivity index (χ1v) is 12.0. The molecule has 33 heavy (non-hydrogen) atoms. The number of carbonyl (C=O) groups is 1. The number of fused-ring (bicyclic) bond motifs is 1. The maximum atomic E-state index is 12.9. The number of ether oxygens (including phenoxy) is 1. The van der Waals surface area contributed by atoms with Crippen molar-refractivity contribution in [3.63, 3.8) is 0 Å². The lowest BCUT2D eigenvalue weighted by molar-refractivity contribution is 0.0249. The molecule has 0 radical (unpaired) electrons. The molecule has 0 spiro atoms. The van der Waals surface area contributed by atoms with Crippen LogP contribution in [0.5, 0.6) is 0 Å². The lowest BCUT2D eigenvalue weighted by Gasteiger charge is -2.32. The number of benzene rings is 2. The Bertz CT molecular complexity index is 1140. The van der Waals surface area contributed by atoms with Crippen LogP contribution in [0.4, 0.5) is 11.4 Å². The number of hydrogen-bond donors (Lipinski definition) is 0. The SMILES string of the molecule is CCN(CC)c1ccc(C2(c3ccc(N(CC)CC)cc3Cl)OC(=O)c3ncccc32)cc1. The Kier molecular flexibility index (Phi) is 6.61. The van der Waals surface area contributed by atoms with E-state index in [0.29, 0.717) is 16.3 Å². The van der Waals surface area contributed by atoms with Crippen molar-refractivity contribution in [2.45, 2.75) is 33.3 Å². The minimum Gasteiger partial charge on any atom is -0.439 e. The Morgan fingerprint density at radius 2 is 1.45 bits per heavy atom. The minimum atomic E-state index is -1.15. The van der Waals surface area contributed by atoms with Gasteiger partial charge in [0, 0.05) is 60.4 Å². The summed E-state index contributed by atoms with van der Waals surface area (Å²) in [6.45, 7) is 12.1. The molecule has 0 N–H and O–H groups in total. The van der Waals surface area contributed by atoms with Crippen LogP contribution in [0.2, 0.25) is 5.02 Å². The fourth-order valence-corrected chi connectivity index (χ4v) is 5.04. The zero-order valence-corrected chi connectivity index (χ0v) is 20.4. The van der Waals surface area contributed by atoms with Gasteiger partial charge in [0.05, 0.1) is 5.02 Å². The molecular weight excluding hydrogens is 434 g/mol. The van der Waals surface area contributed by atoms with E-state index in [9.17, 15) is 4.79 Å². The van der Waals surface area contributed by atoms with Crippen LogP contribution in [0.1, 0.15) is 54.9 Å². The second-order valence-electron chi connectivity index (χ2n) is 8.03. The van der Waals surface area contributed by atoms with Crippen LogP contribution < -0.4 is 9.80 Å². The number of cyclic esters (lactones) is 1. The van der Waals surface area contributed by atoms with Crippen molar-refractivity contribution in [2.24, 2.45) is 0 Å². The fraction of sp³-hybridized carbons (Fsp3) is 0.333. The summed E-state index contributed by atoms with van der Waals surface area (Å²) in [5.74, 6) is -0.442. The maximum Gasteiger partial charge on any atom is 0.358 e. The van der Waals surface area contributed by atoms with Crippen molar-refractivity contribution in [1.29, 1.82) is 0 Å². The third-order valence-corrected chi connectivity index (χ3v) is 6.80. The maximum absolute atomic E-state index is 12.9. The Labute approximate surface area is 201 Å². The van der Waals surface area contributed by atoms with Crippen LogP contribution in [0.3, 0.4) is 0 Å². The molecule has 4 rings (SSSR count). The third kappa shape index (κ3) is 3.84. The van der Waals surface area contributed by atoms with Gasteiger partial charge in [-0.25, -0.2) is 9.78 Å². The quantitative estimate of drug-likeness (QED) is 0.390. The first-order chi connectivity index (χ1) is 16.0. The smallest absolute Gasteiger partial charge is 0.358 e. The van der Waals surface area contributed by atoms with E-state index in [1.165, 1.54) is 0 Å². The summed E-state index contributed by atoms with van der Waals surface area (Å²) in [6, 6.07) is 17.9. The number of nitrogens with zero attached hydrogens (tertiary/aromatic N) is 3. The van der Waals surface area contributed by atoms with E-state index in [-0.39, 0.29) is 0 Å². The second kappa shape index (κ2) is 9.44. The topological polar surface area (TPSA) is 45.7 Å². The van der Waals surface area contributed by atoms with E-state index in [4.69, 9.17) is 16.3 Å². The predicted octanol–water partition coefficient (Wildman–Crippen LogP) is 5.89. The zero-order valence-electron chi connectivity index (χ0n) is 19.6. The van der Waals surface area contributed by atoms with Crippen LogP contribution in [0, 0.1) is 0 Å². The standard InChI is InChI=1S/C27H30ClN3O2/c1-5-30(6-2)20-13-11-19(12-14-20)27(23-10-9-17-29-25(23)26(32)33-27)22-16-15-21(18-24(22)28)31(7-3)8-4/h9-18H,5-8H2,1-4H3. The fourth-order valence-electron chi connectivity index (χ4n) is 4.74. The molecule has 1 unspecified atom stereocenters. The van der Waals surface area contributed by atoms with Crippen LogP contribution >= 0.6 is 11.6 Å². The highest BCUT2D eigenvalue weighted by Crippen LogP contribution is 2.49. The largest absolute Gasteiger partial charge is 0.439 e. The lowest BCUT2D eigenvalue weighted by Crippen LogP contribution is -2.30. The van der Waals surface area contributed by atoms with Gasteiger partial charge >= 0.3 is 5.97 Å².